The third-order valence-corrected chi connectivity index (χ3v) is 8.19. The van der Waals surface area contributed by atoms with Gasteiger partial charge in [-0.1, -0.05) is 79.2 Å². The fraction of sp³-hybridized carbons (Fsp3) is 0.286. The van der Waals surface area contributed by atoms with Crippen LogP contribution in [-0.4, -0.2) is 43.8 Å². The molecule has 7 nitrogen and oxygen atoms in total. The van der Waals surface area contributed by atoms with Crippen molar-refractivity contribution in [2.24, 2.45) is 0 Å². The van der Waals surface area contributed by atoms with Crippen molar-refractivity contribution in [2.75, 3.05) is 10.8 Å². The summed E-state index contributed by atoms with van der Waals surface area (Å²) in [5.74, 6) is -0.844. The Kier molecular flexibility index (Phi) is 9.72. The van der Waals surface area contributed by atoms with Crippen LogP contribution < -0.4 is 9.62 Å². The molecule has 3 rings (SSSR count). The number of hydrogen-bond donors (Lipinski definition) is 1. The second-order valence-corrected chi connectivity index (χ2v) is 11.0. The summed E-state index contributed by atoms with van der Waals surface area (Å²) in [5, 5.41) is 3.10. The van der Waals surface area contributed by atoms with Gasteiger partial charge in [-0.3, -0.25) is 13.9 Å². The summed E-state index contributed by atoms with van der Waals surface area (Å²) < 4.78 is 28.4. The number of hydrogen-bond acceptors (Lipinski definition) is 4. The molecule has 2 atom stereocenters. The Balaban J connectivity index is 2.01. The van der Waals surface area contributed by atoms with E-state index in [1.807, 2.05) is 44.2 Å². The molecule has 0 saturated carbocycles. The van der Waals surface area contributed by atoms with Crippen LogP contribution in [0.25, 0.3) is 0 Å². The normalized spacial score (nSPS) is 12.9. The molecule has 3 aromatic carbocycles. The lowest BCUT2D eigenvalue weighted by Gasteiger charge is -2.32. The standard InChI is InChI=1S/C28H32ClN3O4S/c1-4-21(2)30-28(34)22(3)31(19-23-13-7-5-8-14-23)27(33)20-32(26-18-12-11-17-25(26)29)37(35,36)24-15-9-6-10-16-24/h5-18,21-22H,4,19-20H2,1-3H3,(H,30,34)/t21-,22+/m1/s1. The number of anilines is 1. The van der Waals surface area contributed by atoms with E-state index < -0.39 is 28.5 Å². The van der Waals surface area contributed by atoms with E-state index in [1.54, 1.807) is 49.4 Å². The topological polar surface area (TPSA) is 86.8 Å². The maximum absolute atomic E-state index is 13.8. The lowest BCUT2D eigenvalue weighted by atomic mass is 10.1. The van der Waals surface area contributed by atoms with Crippen LogP contribution in [0.4, 0.5) is 5.69 Å². The molecule has 1 N–H and O–H groups in total. The van der Waals surface area contributed by atoms with Crippen molar-refractivity contribution >= 4 is 39.1 Å². The van der Waals surface area contributed by atoms with Crippen molar-refractivity contribution in [2.45, 2.75) is 50.7 Å². The highest BCUT2D eigenvalue weighted by atomic mass is 35.5. The number of nitrogens with zero attached hydrogens (tertiary/aromatic N) is 2. The zero-order chi connectivity index (χ0) is 27.0. The Labute approximate surface area is 224 Å². The van der Waals surface area contributed by atoms with E-state index in [9.17, 15) is 18.0 Å². The van der Waals surface area contributed by atoms with Gasteiger partial charge >= 0.3 is 0 Å². The number of rotatable bonds is 11. The number of carbonyl (C=O) groups excluding carboxylic acids is 2. The van der Waals surface area contributed by atoms with E-state index in [0.29, 0.717) is 0 Å². The predicted molar refractivity (Wildman–Crippen MR) is 147 cm³/mol. The maximum Gasteiger partial charge on any atom is 0.264 e. The lowest BCUT2D eigenvalue weighted by Crippen LogP contribution is -2.52. The number of para-hydroxylation sites is 1. The molecule has 0 aromatic heterocycles. The van der Waals surface area contributed by atoms with Gasteiger partial charge in [-0.15, -0.1) is 0 Å². The molecule has 0 bridgehead atoms. The van der Waals surface area contributed by atoms with E-state index in [-0.39, 0.29) is 34.1 Å². The summed E-state index contributed by atoms with van der Waals surface area (Å²) in [6.45, 7) is 5.09. The van der Waals surface area contributed by atoms with Crippen molar-refractivity contribution in [1.82, 2.24) is 10.2 Å². The van der Waals surface area contributed by atoms with E-state index in [2.05, 4.69) is 5.32 Å². The van der Waals surface area contributed by atoms with Crippen LogP contribution in [0.3, 0.4) is 0 Å². The summed E-state index contributed by atoms with van der Waals surface area (Å²) in [5.41, 5.74) is 0.993. The van der Waals surface area contributed by atoms with E-state index in [0.717, 1.165) is 16.3 Å². The Hall–Kier alpha value is -3.36. The zero-order valence-electron chi connectivity index (χ0n) is 21.2. The second-order valence-electron chi connectivity index (χ2n) is 8.78. The monoisotopic (exact) mass is 541 g/mol. The number of amides is 2. The molecular weight excluding hydrogens is 510 g/mol. The van der Waals surface area contributed by atoms with Crippen LogP contribution in [0.5, 0.6) is 0 Å². The first-order valence-electron chi connectivity index (χ1n) is 12.1. The average molecular weight is 542 g/mol. The zero-order valence-corrected chi connectivity index (χ0v) is 22.7. The highest BCUT2D eigenvalue weighted by Gasteiger charge is 2.33. The van der Waals surface area contributed by atoms with Gasteiger partial charge in [0, 0.05) is 12.6 Å². The second kappa shape index (κ2) is 12.7. The number of sulfonamides is 1. The SMILES string of the molecule is CC[C@@H](C)NC(=O)[C@H](C)N(Cc1ccccc1)C(=O)CN(c1ccccc1Cl)S(=O)(=O)c1ccccc1. The maximum atomic E-state index is 13.8. The van der Waals surface area contributed by atoms with Gasteiger partial charge in [0.05, 0.1) is 15.6 Å². The molecule has 0 aliphatic rings. The van der Waals surface area contributed by atoms with Gasteiger partial charge in [-0.05, 0) is 50.1 Å². The van der Waals surface area contributed by atoms with Gasteiger partial charge in [-0.2, -0.15) is 0 Å². The van der Waals surface area contributed by atoms with Gasteiger partial charge in [0.25, 0.3) is 10.0 Å². The van der Waals surface area contributed by atoms with Crippen molar-refractivity contribution in [1.29, 1.82) is 0 Å². The summed E-state index contributed by atoms with van der Waals surface area (Å²) in [6.07, 6.45) is 0.737. The third-order valence-electron chi connectivity index (χ3n) is 6.10. The van der Waals surface area contributed by atoms with Crippen LogP contribution in [0.15, 0.2) is 89.8 Å². The summed E-state index contributed by atoms with van der Waals surface area (Å²) >= 11 is 6.40. The largest absolute Gasteiger partial charge is 0.352 e. The molecule has 0 aliphatic carbocycles. The van der Waals surface area contributed by atoms with E-state index >= 15 is 0 Å². The molecule has 0 fully saturated rings. The Morgan fingerprint density at radius 2 is 1.46 bits per heavy atom. The molecule has 0 unspecified atom stereocenters. The van der Waals surface area contributed by atoms with Gasteiger partial charge < -0.3 is 10.2 Å². The molecule has 9 heteroatoms. The smallest absolute Gasteiger partial charge is 0.264 e. The van der Waals surface area contributed by atoms with Crippen molar-refractivity contribution in [3.8, 4) is 0 Å². The molecule has 2 amide bonds. The van der Waals surface area contributed by atoms with Crippen LogP contribution >= 0.6 is 11.6 Å². The lowest BCUT2D eigenvalue weighted by molar-refractivity contribution is -0.139. The fourth-order valence-electron chi connectivity index (χ4n) is 3.72. The number of benzene rings is 3. The molecule has 3 aromatic rings. The predicted octanol–water partition coefficient (Wildman–Crippen LogP) is 4.87. The molecule has 0 spiro atoms. The number of halogens is 1. The van der Waals surface area contributed by atoms with Crippen LogP contribution in [0.1, 0.15) is 32.8 Å². The fourth-order valence-corrected chi connectivity index (χ4v) is 5.46. The van der Waals surface area contributed by atoms with Crippen molar-refractivity contribution in [3.05, 3.63) is 95.5 Å². The molecule has 196 valence electrons. The van der Waals surface area contributed by atoms with Crippen molar-refractivity contribution < 1.29 is 18.0 Å². The summed E-state index contributed by atoms with van der Waals surface area (Å²) in [6, 6.07) is 22.7. The van der Waals surface area contributed by atoms with E-state index in [4.69, 9.17) is 11.6 Å². The molecule has 0 heterocycles. The summed E-state index contributed by atoms with van der Waals surface area (Å²) in [7, 11) is -4.15. The third kappa shape index (κ3) is 7.11. The van der Waals surface area contributed by atoms with Crippen LogP contribution in [0, 0.1) is 0 Å². The first-order chi connectivity index (χ1) is 17.6. The Morgan fingerprint density at radius 3 is 2.05 bits per heavy atom. The molecule has 0 radical (unpaired) electrons. The first kappa shape index (κ1) is 28.2. The minimum atomic E-state index is -4.15. The highest BCUT2D eigenvalue weighted by molar-refractivity contribution is 7.92. The van der Waals surface area contributed by atoms with E-state index in [1.165, 1.54) is 17.0 Å². The quantitative estimate of drug-likeness (QED) is 0.375. The van der Waals surface area contributed by atoms with Gasteiger partial charge in [0.1, 0.15) is 12.6 Å². The minimum absolute atomic E-state index is 0.0277. The highest BCUT2D eigenvalue weighted by Crippen LogP contribution is 2.30. The Morgan fingerprint density at radius 1 is 0.892 bits per heavy atom. The minimum Gasteiger partial charge on any atom is -0.352 e. The average Bonchev–Trinajstić information content (AvgIpc) is 2.91. The first-order valence-corrected chi connectivity index (χ1v) is 13.9. The van der Waals surface area contributed by atoms with Gasteiger partial charge in [-0.25, -0.2) is 8.42 Å². The Bertz CT molecular complexity index is 1300. The molecule has 0 saturated heterocycles. The summed E-state index contributed by atoms with van der Waals surface area (Å²) in [4.78, 5) is 28.3. The molecule has 0 aliphatic heterocycles. The molecule has 37 heavy (non-hydrogen) atoms. The van der Waals surface area contributed by atoms with Crippen LogP contribution in [-0.2, 0) is 26.2 Å². The number of nitrogens with one attached hydrogen (secondary N) is 1. The van der Waals surface area contributed by atoms with Crippen LogP contribution in [0.2, 0.25) is 5.02 Å². The van der Waals surface area contributed by atoms with Crippen molar-refractivity contribution in [3.63, 3.8) is 0 Å². The number of carbonyl (C=O) groups is 2. The van der Waals surface area contributed by atoms with Gasteiger partial charge in [0.2, 0.25) is 11.8 Å². The molecular formula is C28H32ClN3O4S. The van der Waals surface area contributed by atoms with Gasteiger partial charge in [0.15, 0.2) is 0 Å².